The third kappa shape index (κ3) is 8.05. The molecular formula is C42H35F17Si2. The van der Waals surface area contributed by atoms with Gasteiger partial charge in [-0.15, -0.1) is 17.5 Å². The molecule has 0 aliphatic rings. The molecule has 0 radical (unpaired) electrons. The summed E-state index contributed by atoms with van der Waals surface area (Å²) in [6.07, 6.45) is -4.98. The fraction of sp³-hybridized carbons (Fsp3) is 0.381. The maximum atomic E-state index is 14.2. The third-order valence-electron chi connectivity index (χ3n) is 10.9. The molecule has 0 fully saturated rings. The molecule has 19 heteroatoms. The summed E-state index contributed by atoms with van der Waals surface area (Å²) in [5.74, 6) is -52.9. The van der Waals surface area contributed by atoms with Crippen LogP contribution in [-0.2, 0) is 0 Å². The zero-order valence-corrected chi connectivity index (χ0v) is 35.6. The molecule has 0 bridgehead atoms. The van der Waals surface area contributed by atoms with E-state index in [9.17, 15) is 74.6 Å². The molecule has 5 aromatic rings. The van der Waals surface area contributed by atoms with Crippen LogP contribution in [0.3, 0.4) is 0 Å². The second-order valence-electron chi connectivity index (χ2n) is 15.1. The number of alkyl halides is 17. The van der Waals surface area contributed by atoms with Gasteiger partial charge in [-0.25, -0.2) is 0 Å². The number of hydrogen-bond donors (Lipinski definition) is 0. The maximum Gasteiger partial charge on any atom is 0.460 e. The van der Waals surface area contributed by atoms with Crippen molar-refractivity contribution in [2.24, 2.45) is 0 Å². The van der Waals surface area contributed by atoms with Crippen LogP contribution < -0.4 is 0 Å². The molecule has 0 amide bonds. The lowest BCUT2D eigenvalue weighted by atomic mass is 9.88. The highest BCUT2D eigenvalue weighted by molar-refractivity contribution is 6.89. The Labute approximate surface area is 342 Å². The van der Waals surface area contributed by atoms with E-state index in [1.807, 2.05) is 0 Å². The van der Waals surface area contributed by atoms with Crippen molar-refractivity contribution < 1.29 is 74.6 Å². The first-order valence-corrected chi connectivity index (χ1v) is 21.5. The molecule has 0 spiro atoms. The van der Waals surface area contributed by atoms with Gasteiger partial charge >= 0.3 is 47.6 Å². The molecular weight excluding hydrogens is 884 g/mol. The first-order chi connectivity index (χ1) is 27.7. The summed E-state index contributed by atoms with van der Waals surface area (Å²) in [4.78, 5) is 0. The molecule has 61 heavy (non-hydrogen) atoms. The van der Waals surface area contributed by atoms with E-state index in [-0.39, 0.29) is 0 Å². The Morgan fingerprint density at radius 3 is 1.30 bits per heavy atom. The highest BCUT2D eigenvalue weighted by Crippen LogP contribution is 2.64. The molecule has 0 N–H and O–H groups in total. The summed E-state index contributed by atoms with van der Waals surface area (Å²) in [7, 11) is -2.64. The lowest BCUT2D eigenvalue weighted by Crippen LogP contribution is -2.74. The number of halogens is 17. The second-order valence-corrected chi connectivity index (χ2v) is 20.8. The van der Waals surface area contributed by atoms with Gasteiger partial charge in [0, 0.05) is 12.0 Å². The van der Waals surface area contributed by atoms with E-state index < -0.39 is 79.3 Å². The summed E-state index contributed by atoms with van der Waals surface area (Å²) in [6, 6.07) is 27.5. The Balaban J connectivity index is 0.000000282. The predicted octanol–water partition coefficient (Wildman–Crippen LogP) is 13.8. The zero-order valence-electron chi connectivity index (χ0n) is 32.6. The van der Waals surface area contributed by atoms with Crippen molar-refractivity contribution in [3.8, 4) is 23.4 Å². The number of hydrogen-bond acceptors (Lipinski definition) is 0. The standard InChI is InChI=1S/C24H16Si.C18H19F17Si/c25-9-8-16-6-3-7-19-12-22-13-20-10-17-4-1-2-5-18(17)11-21(20)14-23(22)15-24(16)19;1-6-36(9(2)3,10(4)5)8-7-11(19,20)12(21,22)13(23,24)14(25,26)15(27,28)16(29,30)17(31,32)18(33,34)35/h1-7,10-15H,25H3;1,9-10H,7-8H2,2-5H3. The third-order valence-corrected chi connectivity index (χ3v) is 16.9. The molecule has 0 saturated heterocycles. The topological polar surface area (TPSA) is 0 Å². The van der Waals surface area contributed by atoms with Crippen LogP contribution in [0.2, 0.25) is 17.1 Å². The van der Waals surface area contributed by atoms with Crippen LogP contribution in [0.4, 0.5) is 74.6 Å². The molecule has 0 atom stereocenters. The smallest absolute Gasteiger partial charge is 0.200 e. The van der Waals surface area contributed by atoms with Gasteiger partial charge in [0.1, 0.15) is 8.07 Å². The van der Waals surface area contributed by atoms with E-state index in [1.54, 1.807) is 0 Å². The van der Waals surface area contributed by atoms with Crippen LogP contribution in [0.15, 0.2) is 78.9 Å². The zero-order chi connectivity index (χ0) is 46.6. The number of rotatable bonds is 11. The summed E-state index contributed by atoms with van der Waals surface area (Å²) in [5, 5.41) is 10.2. The normalized spacial score (nSPS) is 14.1. The van der Waals surface area contributed by atoms with Gasteiger partial charge in [0.2, 0.25) is 0 Å². The van der Waals surface area contributed by atoms with Crippen LogP contribution >= 0.6 is 0 Å². The van der Waals surface area contributed by atoms with Gasteiger partial charge in [0.25, 0.3) is 0 Å². The molecule has 0 nitrogen and oxygen atoms in total. The maximum absolute atomic E-state index is 14.2. The van der Waals surface area contributed by atoms with Crippen molar-refractivity contribution in [3.05, 3.63) is 84.4 Å². The van der Waals surface area contributed by atoms with Gasteiger partial charge in [-0.2, -0.15) is 74.6 Å². The molecule has 0 saturated carbocycles. The van der Waals surface area contributed by atoms with E-state index in [0.29, 0.717) is 0 Å². The Hall–Kier alpha value is -4.50. The summed E-state index contributed by atoms with van der Waals surface area (Å²) >= 11 is 0. The fourth-order valence-electron chi connectivity index (χ4n) is 7.08. The van der Waals surface area contributed by atoms with E-state index in [4.69, 9.17) is 6.42 Å². The Morgan fingerprint density at radius 2 is 0.885 bits per heavy atom. The highest BCUT2D eigenvalue weighted by Gasteiger charge is 2.95. The van der Waals surface area contributed by atoms with Gasteiger partial charge in [0.05, 0.1) is 10.2 Å². The minimum absolute atomic E-state index is 0.707. The van der Waals surface area contributed by atoms with Crippen LogP contribution in [0, 0.1) is 23.4 Å². The van der Waals surface area contributed by atoms with Crippen LogP contribution in [0.25, 0.3) is 43.1 Å². The van der Waals surface area contributed by atoms with Gasteiger partial charge in [-0.3, -0.25) is 0 Å². The van der Waals surface area contributed by atoms with E-state index in [0.717, 1.165) is 15.8 Å². The minimum Gasteiger partial charge on any atom is -0.200 e. The largest absolute Gasteiger partial charge is 0.460 e. The quantitative estimate of drug-likeness (QED) is 0.0536. The molecule has 5 rings (SSSR count). The van der Waals surface area contributed by atoms with Crippen molar-refractivity contribution in [1.29, 1.82) is 0 Å². The number of fused-ring (bicyclic) bond motifs is 4. The number of benzene rings is 5. The lowest BCUT2D eigenvalue weighted by molar-refractivity contribution is -0.461. The van der Waals surface area contributed by atoms with Gasteiger partial charge < -0.3 is 0 Å². The van der Waals surface area contributed by atoms with Gasteiger partial charge in [0.15, 0.2) is 0 Å². The van der Waals surface area contributed by atoms with Crippen molar-refractivity contribution in [1.82, 2.24) is 0 Å². The summed E-state index contributed by atoms with van der Waals surface area (Å²) in [6.45, 7) is 5.31. The van der Waals surface area contributed by atoms with E-state index in [2.05, 4.69) is 95.9 Å². The second kappa shape index (κ2) is 16.3. The average Bonchev–Trinajstić information content (AvgIpc) is 3.15. The monoisotopic (exact) mass is 918 g/mol. The molecule has 0 aliphatic carbocycles. The van der Waals surface area contributed by atoms with Crippen molar-refractivity contribution in [3.63, 3.8) is 0 Å². The molecule has 0 unspecified atom stereocenters. The van der Waals surface area contributed by atoms with Gasteiger partial charge in [-0.05, 0) is 103 Å². The predicted molar refractivity (Wildman–Crippen MR) is 208 cm³/mol. The molecule has 0 aliphatic heterocycles. The number of terminal acetylenes is 1. The first-order valence-electron chi connectivity index (χ1n) is 18.1. The Morgan fingerprint density at radius 1 is 0.508 bits per heavy atom. The fourth-order valence-corrected chi connectivity index (χ4v) is 11.4. The minimum atomic E-state index is -8.62. The Bertz CT molecular complexity index is 2510. The SMILES string of the molecule is C#C[Si](CCC(F)(F)C(F)(F)C(F)(F)C(F)(F)C(F)(F)C(F)(F)C(F)(F)C(F)(F)F)(C(C)C)C(C)C.[SiH3]C#Cc1cccc2cc3cc4cc5ccccc5cc4cc3cc12. The van der Waals surface area contributed by atoms with E-state index in [1.165, 1.54) is 70.8 Å². The van der Waals surface area contributed by atoms with Crippen LogP contribution in [0.5, 0.6) is 0 Å². The van der Waals surface area contributed by atoms with E-state index >= 15 is 0 Å². The molecule has 330 valence electrons. The average molecular weight is 919 g/mol. The van der Waals surface area contributed by atoms with Crippen molar-refractivity contribution in [2.75, 3.05) is 0 Å². The van der Waals surface area contributed by atoms with Crippen molar-refractivity contribution >= 4 is 61.4 Å². The van der Waals surface area contributed by atoms with Crippen LogP contribution in [-0.4, -0.2) is 66.0 Å². The lowest BCUT2D eigenvalue weighted by Gasteiger charge is -2.43. The summed E-state index contributed by atoms with van der Waals surface area (Å²) in [5.41, 5.74) is 4.98. The molecule has 0 aromatic heterocycles. The highest BCUT2D eigenvalue weighted by atomic mass is 28.3. The van der Waals surface area contributed by atoms with Crippen LogP contribution in [0.1, 0.15) is 39.7 Å². The van der Waals surface area contributed by atoms with Crippen molar-refractivity contribution in [2.45, 2.75) is 98.9 Å². The first kappa shape index (κ1) is 49.2. The molecule has 0 heterocycles. The summed E-state index contributed by atoms with van der Waals surface area (Å²) < 4.78 is 227. The Kier molecular flexibility index (Phi) is 13.2. The molecule has 5 aromatic carbocycles. The van der Waals surface area contributed by atoms with Gasteiger partial charge in [-0.1, -0.05) is 70.0 Å².